The van der Waals surface area contributed by atoms with Crippen LogP contribution in [0.15, 0.2) is 48.5 Å². The zero-order valence-corrected chi connectivity index (χ0v) is 16.1. The molecular formula is C20H13F2NO3S2. The number of halogens is 2. The number of para-hydroxylation sites is 1. The van der Waals surface area contributed by atoms with Crippen molar-refractivity contribution in [1.29, 1.82) is 0 Å². The maximum atomic E-state index is 13.7. The van der Waals surface area contributed by atoms with E-state index in [1.807, 2.05) is 24.3 Å². The molecule has 28 heavy (non-hydrogen) atoms. The summed E-state index contributed by atoms with van der Waals surface area (Å²) in [6.07, 6.45) is -1.22. The molecule has 1 amide bonds. The van der Waals surface area contributed by atoms with Gasteiger partial charge in [-0.05, 0) is 31.2 Å². The Morgan fingerprint density at radius 3 is 2.46 bits per heavy atom. The van der Waals surface area contributed by atoms with Crippen LogP contribution in [0.4, 0.5) is 14.5 Å². The van der Waals surface area contributed by atoms with Gasteiger partial charge < -0.3 is 10.1 Å². The lowest BCUT2D eigenvalue weighted by Gasteiger charge is -2.13. The summed E-state index contributed by atoms with van der Waals surface area (Å²) in [5.74, 6) is -3.29. The Balaban J connectivity index is 1.49. The molecule has 2 heterocycles. The minimum atomic E-state index is -1.22. The van der Waals surface area contributed by atoms with Gasteiger partial charge in [-0.2, -0.15) is 0 Å². The second-order valence-electron chi connectivity index (χ2n) is 6.04. The molecule has 4 nitrogen and oxygen atoms in total. The van der Waals surface area contributed by atoms with Crippen LogP contribution < -0.4 is 5.32 Å². The summed E-state index contributed by atoms with van der Waals surface area (Å²) >= 11 is 2.86. The van der Waals surface area contributed by atoms with Crippen molar-refractivity contribution in [2.45, 2.75) is 13.0 Å². The lowest BCUT2D eigenvalue weighted by Crippen LogP contribution is -2.30. The Kier molecular flexibility index (Phi) is 4.82. The normalized spacial score (nSPS) is 12.2. The monoisotopic (exact) mass is 417 g/mol. The fraction of sp³-hybridized carbons (Fsp3) is 0.100. The van der Waals surface area contributed by atoms with E-state index in [1.165, 1.54) is 24.3 Å². The first-order valence-electron chi connectivity index (χ1n) is 8.31. The highest BCUT2D eigenvalue weighted by Gasteiger charge is 2.23. The molecule has 0 aliphatic rings. The molecule has 0 radical (unpaired) electrons. The molecule has 0 aliphatic heterocycles. The van der Waals surface area contributed by atoms with Crippen molar-refractivity contribution in [2.75, 3.05) is 5.32 Å². The molecule has 4 aromatic rings. The second-order valence-corrected chi connectivity index (χ2v) is 8.17. The summed E-state index contributed by atoms with van der Waals surface area (Å²) in [5.41, 5.74) is -0.571. The van der Waals surface area contributed by atoms with E-state index in [2.05, 4.69) is 5.32 Å². The van der Waals surface area contributed by atoms with Gasteiger partial charge in [-0.1, -0.05) is 24.3 Å². The zero-order chi connectivity index (χ0) is 19.8. The van der Waals surface area contributed by atoms with Crippen LogP contribution in [-0.2, 0) is 9.53 Å². The third kappa shape index (κ3) is 3.36. The van der Waals surface area contributed by atoms with E-state index in [1.54, 1.807) is 17.4 Å². The molecule has 142 valence electrons. The SMILES string of the molecule is C[C@@H](OC(=O)c1cc2sc3ccccc3c2s1)C(=O)Nc1c(F)cccc1F. The van der Waals surface area contributed by atoms with Gasteiger partial charge in [0.05, 0.1) is 4.70 Å². The standard InChI is InChI=1S/C20H13F2NO3S2/c1-10(19(24)23-17-12(21)6-4-7-13(17)22)26-20(25)16-9-15-18(28-16)11-5-2-3-8-14(11)27-15/h2-10H,1H3,(H,23,24)/t10-/m1/s1. The first-order valence-corrected chi connectivity index (χ1v) is 9.94. The number of thiophene rings is 2. The van der Waals surface area contributed by atoms with Gasteiger partial charge >= 0.3 is 5.97 Å². The molecule has 2 aromatic carbocycles. The van der Waals surface area contributed by atoms with Gasteiger partial charge in [0, 0.05) is 14.8 Å². The molecule has 0 spiro atoms. The van der Waals surface area contributed by atoms with Gasteiger partial charge in [0.15, 0.2) is 6.10 Å². The first-order chi connectivity index (χ1) is 13.4. The second kappa shape index (κ2) is 7.29. The number of benzene rings is 2. The number of carbonyl (C=O) groups excluding carboxylic acids is 2. The molecular weight excluding hydrogens is 404 g/mol. The molecule has 1 atom stereocenters. The summed E-state index contributed by atoms with van der Waals surface area (Å²) < 4.78 is 35.6. The molecule has 0 bridgehead atoms. The van der Waals surface area contributed by atoms with Crippen LogP contribution >= 0.6 is 22.7 Å². The molecule has 4 rings (SSSR count). The van der Waals surface area contributed by atoms with Gasteiger partial charge in [0.1, 0.15) is 22.2 Å². The number of rotatable bonds is 4. The third-order valence-corrected chi connectivity index (χ3v) is 6.51. The predicted octanol–water partition coefficient (Wildman–Crippen LogP) is 5.58. The van der Waals surface area contributed by atoms with Gasteiger partial charge in [-0.3, -0.25) is 4.79 Å². The number of esters is 1. The molecule has 0 saturated carbocycles. The average Bonchev–Trinajstić information content (AvgIpc) is 3.22. The summed E-state index contributed by atoms with van der Waals surface area (Å²) in [5, 5.41) is 3.18. The van der Waals surface area contributed by atoms with Crippen LogP contribution in [0.2, 0.25) is 0 Å². The topological polar surface area (TPSA) is 55.4 Å². The Bertz CT molecular complexity index is 1190. The largest absolute Gasteiger partial charge is 0.448 e. The van der Waals surface area contributed by atoms with Crippen molar-refractivity contribution >= 4 is 59.7 Å². The molecule has 0 saturated heterocycles. The van der Waals surface area contributed by atoms with Crippen LogP contribution in [0.3, 0.4) is 0 Å². The first kappa shape index (κ1) is 18.5. The van der Waals surface area contributed by atoms with E-state index in [0.717, 1.165) is 31.6 Å². The minimum Gasteiger partial charge on any atom is -0.448 e. The highest BCUT2D eigenvalue weighted by Crippen LogP contribution is 2.39. The van der Waals surface area contributed by atoms with Crippen LogP contribution in [0.1, 0.15) is 16.6 Å². The van der Waals surface area contributed by atoms with Crippen molar-refractivity contribution in [3.8, 4) is 0 Å². The summed E-state index contributed by atoms with van der Waals surface area (Å²) in [6, 6.07) is 12.9. The van der Waals surface area contributed by atoms with Crippen molar-refractivity contribution in [3.05, 3.63) is 65.0 Å². The van der Waals surface area contributed by atoms with E-state index in [9.17, 15) is 18.4 Å². The number of ether oxygens (including phenoxy) is 1. The Morgan fingerprint density at radius 1 is 1.00 bits per heavy atom. The highest BCUT2D eigenvalue weighted by atomic mass is 32.1. The third-order valence-electron chi connectivity index (χ3n) is 4.11. The maximum absolute atomic E-state index is 13.7. The van der Waals surface area contributed by atoms with Crippen molar-refractivity contribution < 1.29 is 23.1 Å². The average molecular weight is 417 g/mol. The molecule has 0 fully saturated rings. The summed E-state index contributed by atoms with van der Waals surface area (Å²) in [6.45, 7) is 1.34. The fourth-order valence-corrected chi connectivity index (χ4v) is 5.12. The molecule has 0 unspecified atom stereocenters. The molecule has 1 N–H and O–H groups in total. The molecule has 2 aromatic heterocycles. The van der Waals surface area contributed by atoms with E-state index in [0.29, 0.717) is 4.88 Å². The van der Waals surface area contributed by atoms with Crippen LogP contribution in [-0.4, -0.2) is 18.0 Å². The van der Waals surface area contributed by atoms with Crippen molar-refractivity contribution in [3.63, 3.8) is 0 Å². The van der Waals surface area contributed by atoms with Gasteiger partial charge in [0.25, 0.3) is 5.91 Å². The molecule has 8 heteroatoms. The number of amides is 1. The van der Waals surface area contributed by atoms with Crippen LogP contribution in [0, 0.1) is 11.6 Å². The number of hydrogen-bond acceptors (Lipinski definition) is 5. The smallest absolute Gasteiger partial charge is 0.349 e. The van der Waals surface area contributed by atoms with Crippen molar-refractivity contribution in [1.82, 2.24) is 0 Å². The van der Waals surface area contributed by atoms with Crippen LogP contribution in [0.5, 0.6) is 0 Å². The highest BCUT2D eigenvalue weighted by molar-refractivity contribution is 7.33. The minimum absolute atomic E-state index is 0.365. The fourth-order valence-electron chi connectivity index (χ4n) is 2.71. The Morgan fingerprint density at radius 2 is 1.71 bits per heavy atom. The van der Waals surface area contributed by atoms with E-state index < -0.39 is 35.3 Å². The van der Waals surface area contributed by atoms with Gasteiger partial charge in [-0.25, -0.2) is 13.6 Å². The lowest BCUT2D eigenvalue weighted by atomic mass is 10.2. The number of anilines is 1. The number of carbonyl (C=O) groups is 2. The quantitative estimate of drug-likeness (QED) is 0.441. The summed E-state index contributed by atoms with van der Waals surface area (Å²) in [4.78, 5) is 24.9. The molecule has 0 aliphatic carbocycles. The maximum Gasteiger partial charge on any atom is 0.349 e. The number of fused-ring (bicyclic) bond motifs is 3. The van der Waals surface area contributed by atoms with Gasteiger partial charge in [0.2, 0.25) is 0 Å². The van der Waals surface area contributed by atoms with E-state index >= 15 is 0 Å². The Labute approximate surface area is 166 Å². The summed E-state index contributed by atoms with van der Waals surface area (Å²) in [7, 11) is 0. The van der Waals surface area contributed by atoms with Crippen LogP contribution in [0.25, 0.3) is 19.5 Å². The van der Waals surface area contributed by atoms with Gasteiger partial charge in [-0.15, -0.1) is 22.7 Å². The Hall–Kier alpha value is -2.84. The van der Waals surface area contributed by atoms with Crippen molar-refractivity contribution in [2.24, 2.45) is 0 Å². The van der Waals surface area contributed by atoms with E-state index in [-0.39, 0.29) is 0 Å². The zero-order valence-electron chi connectivity index (χ0n) is 14.5. The van der Waals surface area contributed by atoms with E-state index in [4.69, 9.17) is 4.74 Å². The predicted molar refractivity (Wildman–Crippen MR) is 107 cm³/mol. The number of hydrogen-bond donors (Lipinski definition) is 1. The lowest BCUT2D eigenvalue weighted by molar-refractivity contribution is -0.123. The number of nitrogens with one attached hydrogen (secondary N) is 1.